The first-order chi connectivity index (χ1) is 10.2. The number of piperidine rings is 1. The molecule has 0 aromatic carbocycles. The quantitative estimate of drug-likeness (QED) is 0.819. The average molecular weight is 320 g/mol. The molecule has 1 aliphatic heterocycles. The Labute approximate surface area is 134 Å². The van der Waals surface area contributed by atoms with Crippen molar-refractivity contribution in [2.75, 3.05) is 11.4 Å². The van der Waals surface area contributed by atoms with E-state index in [-0.39, 0.29) is 16.2 Å². The molecule has 22 heavy (non-hydrogen) atoms. The van der Waals surface area contributed by atoms with Crippen LogP contribution in [-0.4, -0.2) is 29.6 Å². The lowest BCUT2D eigenvalue weighted by Gasteiger charge is -2.30. The number of carbonyl (C=O) groups excluding carboxylic acids is 1. The number of carbonyl (C=O) groups is 2. The van der Waals surface area contributed by atoms with Gasteiger partial charge < -0.3 is 15.7 Å². The van der Waals surface area contributed by atoms with Crippen LogP contribution in [0, 0.1) is 17.3 Å². The molecule has 3 N–H and O–H groups in total. The maximum absolute atomic E-state index is 12.2. The number of carboxylic acids is 1. The lowest BCUT2D eigenvalue weighted by atomic mass is 9.98. The molecule has 0 radical (unpaired) electrons. The second kappa shape index (κ2) is 6.11. The van der Waals surface area contributed by atoms with Crippen LogP contribution in [-0.2, 0) is 4.79 Å². The molecule has 1 amide bonds. The van der Waals surface area contributed by atoms with E-state index in [0.29, 0.717) is 23.5 Å². The van der Waals surface area contributed by atoms with Crippen molar-refractivity contribution in [3.63, 3.8) is 0 Å². The molecular weight excluding hydrogens is 300 g/mol. The fourth-order valence-corrected chi connectivity index (χ4v) is 3.04. The number of hydrogen-bond donors (Lipinski definition) is 2. The van der Waals surface area contributed by atoms with E-state index in [0.717, 1.165) is 17.8 Å². The van der Waals surface area contributed by atoms with E-state index in [1.807, 2.05) is 20.8 Å². The van der Waals surface area contributed by atoms with E-state index < -0.39 is 12.0 Å². The van der Waals surface area contributed by atoms with E-state index >= 15 is 0 Å². The van der Waals surface area contributed by atoms with Gasteiger partial charge >= 0.3 is 5.97 Å². The molecule has 1 unspecified atom stereocenters. The van der Waals surface area contributed by atoms with Gasteiger partial charge in [0.1, 0.15) is 4.88 Å². The fourth-order valence-electron chi connectivity index (χ4n) is 2.19. The largest absolute Gasteiger partial charge is 0.477 e. The van der Waals surface area contributed by atoms with Crippen LogP contribution in [0.2, 0.25) is 0 Å². The molecule has 5 nitrogen and oxygen atoms in total. The molecule has 6 heteroatoms. The molecule has 1 aromatic heterocycles. The first-order valence-electron chi connectivity index (χ1n) is 7.16. The van der Waals surface area contributed by atoms with Gasteiger partial charge in [0.2, 0.25) is 5.91 Å². The SMILES string of the molecule is CC(C)(C)C#Cc1cc(N2CCCC(N)C2=O)c(C(=O)O)s1. The molecule has 118 valence electrons. The number of thiophene rings is 1. The van der Waals surface area contributed by atoms with Crippen molar-refractivity contribution in [2.24, 2.45) is 11.1 Å². The summed E-state index contributed by atoms with van der Waals surface area (Å²) in [6.07, 6.45) is 1.41. The van der Waals surface area contributed by atoms with Crippen molar-refractivity contribution in [3.05, 3.63) is 15.8 Å². The van der Waals surface area contributed by atoms with Crippen molar-refractivity contribution in [3.8, 4) is 11.8 Å². The average Bonchev–Trinajstić information content (AvgIpc) is 2.83. The molecule has 2 heterocycles. The van der Waals surface area contributed by atoms with Gasteiger partial charge in [0, 0.05) is 12.0 Å². The topological polar surface area (TPSA) is 83.6 Å². The zero-order valence-electron chi connectivity index (χ0n) is 13.0. The highest BCUT2D eigenvalue weighted by Gasteiger charge is 2.30. The maximum atomic E-state index is 12.2. The Kier molecular flexibility index (Phi) is 4.59. The summed E-state index contributed by atoms with van der Waals surface area (Å²) in [5.74, 6) is 4.82. The van der Waals surface area contributed by atoms with Gasteiger partial charge in [0.05, 0.1) is 16.6 Å². The van der Waals surface area contributed by atoms with E-state index in [1.54, 1.807) is 6.07 Å². The zero-order valence-corrected chi connectivity index (χ0v) is 13.8. The Hall–Kier alpha value is -1.84. The number of nitrogens with zero attached hydrogens (tertiary/aromatic N) is 1. The van der Waals surface area contributed by atoms with E-state index in [9.17, 15) is 14.7 Å². The summed E-state index contributed by atoms with van der Waals surface area (Å²) in [4.78, 5) is 25.9. The summed E-state index contributed by atoms with van der Waals surface area (Å²) in [5, 5.41) is 9.38. The summed E-state index contributed by atoms with van der Waals surface area (Å²) in [5.41, 5.74) is 6.03. The zero-order chi connectivity index (χ0) is 16.5. The Morgan fingerprint density at radius 1 is 1.50 bits per heavy atom. The van der Waals surface area contributed by atoms with Crippen LogP contribution in [0.5, 0.6) is 0 Å². The second-order valence-electron chi connectivity index (χ2n) is 6.37. The highest BCUT2D eigenvalue weighted by atomic mass is 32.1. The molecular formula is C16H20N2O3S. The molecule has 0 saturated carbocycles. The first-order valence-corrected chi connectivity index (χ1v) is 7.98. The van der Waals surface area contributed by atoms with Crippen LogP contribution >= 0.6 is 11.3 Å². The molecule has 1 saturated heterocycles. The molecule has 1 fully saturated rings. The number of amides is 1. The van der Waals surface area contributed by atoms with Gasteiger partial charge in [-0.3, -0.25) is 4.79 Å². The number of hydrogen-bond acceptors (Lipinski definition) is 4. The van der Waals surface area contributed by atoms with Crippen LogP contribution in [0.1, 0.15) is 48.2 Å². The maximum Gasteiger partial charge on any atom is 0.348 e. The van der Waals surface area contributed by atoms with Gasteiger partial charge in [0.25, 0.3) is 0 Å². The molecule has 2 rings (SSSR count). The number of carboxylic acid groups (broad SMARTS) is 1. The normalized spacial score (nSPS) is 18.8. The Balaban J connectivity index is 2.41. The third kappa shape index (κ3) is 3.67. The summed E-state index contributed by atoms with van der Waals surface area (Å²) >= 11 is 1.10. The predicted molar refractivity (Wildman–Crippen MR) is 87.2 cm³/mol. The van der Waals surface area contributed by atoms with Gasteiger partial charge in [-0.25, -0.2) is 4.79 Å². The van der Waals surface area contributed by atoms with E-state index in [1.165, 1.54) is 4.90 Å². The molecule has 1 atom stereocenters. The lowest BCUT2D eigenvalue weighted by molar-refractivity contribution is -0.120. The number of nitrogens with two attached hydrogens (primary N) is 1. The van der Waals surface area contributed by atoms with Gasteiger partial charge in [-0.2, -0.15) is 0 Å². The van der Waals surface area contributed by atoms with Gasteiger partial charge in [-0.1, -0.05) is 11.8 Å². The van der Waals surface area contributed by atoms with Crippen LogP contribution < -0.4 is 10.6 Å². The molecule has 1 aromatic rings. The monoisotopic (exact) mass is 320 g/mol. The molecule has 0 aliphatic carbocycles. The van der Waals surface area contributed by atoms with Gasteiger partial charge in [-0.15, -0.1) is 11.3 Å². The van der Waals surface area contributed by atoms with Crippen molar-refractivity contribution in [2.45, 2.75) is 39.7 Å². The van der Waals surface area contributed by atoms with Crippen LogP contribution in [0.4, 0.5) is 5.69 Å². The highest BCUT2D eigenvalue weighted by molar-refractivity contribution is 7.15. The van der Waals surface area contributed by atoms with Crippen LogP contribution in [0.15, 0.2) is 6.07 Å². The minimum atomic E-state index is -1.05. The first kappa shape index (κ1) is 16.5. The third-order valence-corrected chi connectivity index (χ3v) is 4.27. The summed E-state index contributed by atoms with van der Waals surface area (Å²) < 4.78 is 0. The van der Waals surface area contributed by atoms with Crippen LogP contribution in [0.3, 0.4) is 0 Å². The van der Waals surface area contributed by atoms with E-state index in [2.05, 4.69) is 11.8 Å². The number of anilines is 1. The minimum Gasteiger partial charge on any atom is -0.477 e. The number of rotatable bonds is 2. The van der Waals surface area contributed by atoms with Crippen molar-refractivity contribution < 1.29 is 14.7 Å². The summed E-state index contributed by atoms with van der Waals surface area (Å²) in [6, 6.07) is 1.13. The van der Waals surface area contributed by atoms with Gasteiger partial charge in [0.15, 0.2) is 0 Å². The number of aromatic carboxylic acids is 1. The standard InChI is InChI=1S/C16H20N2O3S/c1-16(2,3)7-6-10-9-12(13(22-10)15(20)21)18-8-4-5-11(17)14(18)19/h9,11H,4-5,8,17H2,1-3H3,(H,20,21). The Morgan fingerprint density at radius 3 is 2.77 bits per heavy atom. The minimum absolute atomic E-state index is 0.139. The smallest absolute Gasteiger partial charge is 0.348 e. The second-order valence-corrected chi connectivity index (χ2v) is 7.42. The Morgan fingerprint density at radius 2 is 2.18 bits per heavy atom. The summed E-state index contributed by atoms with van der Waals surface area (Å²) in [7, 11) is 0. The molecule has 0 spiro atoms. The van der Waals surface area contributed by atoms with E-state index in [4.69, 9.17) is 5.73 Å². The fraction of sp³-hybridized carbons (Fsp3) is 0.500. The van der Waals surface area contributed by atoms with Crippen molar-refractivity contribution >= 4 is 28.9 Å². The van der Waals surface area contributed by atoms with Crippen LogP contribution in [0.25, 0.3) is 0 Å². The van der Waals surface area contributed by atoms with Gasteiger partial charge in [-0.05, 0) is 39.7 Å². The van der Waals surface area contributed by atoms with Crippen molar-refractivity contribution in [1.29, 1.82) is 0 Å². The highest BCUT2D eigenvalue weighted by Crippen LogP contribution is 2.32. The van der Waals surface area contributed by atoms with Crippen molar-refractivity contribution in [1.82, 2.24) is 0 Å². The predicted octanol–water partition coefficient (Wildman–Crippen LogP) is 2.30. The Bertz CT molecular complexity index is 661. The summed E-state index contributed by atoms with van der Waals surface area (Å²) in [6.45, 7) is 6.45. The third-order valence-electron chi connectivity index (χ3n) is 3.24. The molecule has 0 bridgehead atoms. The molecule has 1 aliphatic rings. The lowest BCUT2D eigenvalue weighted by Crippen LogP contribution is -2.48.